The van der Waals surface area contributed by atoms with Crippen molar-refractivity contribution < 1.29 is 14.3 Å². The lowest BCUT2D eigenvalue weighted by Gasteiger charge is -2.25. The van der Waals surface area contributed by atoms with Crippen LogP contribution in [0.15, 0.2) is 71.7 Å². The molecule has 0 saturated carbocycles. The molecule has 2 aromatic carbocycles. The van der Waals surface area contributed by atoms with Crippen LogP contribution in [0.25, 0.3) is 22.5 Å². The van der Waals surface area contributed by atoms with Crippen molar-refractivity contribution in [2.75, 3.05) is 5.32 Å². The van der Waals surface area contributed by atoms with Crippen LogP contribution >= 0.6 is 0 Å². The number of halogens is 1. The van der Waals surface area contributed by atoms with Gasteiger partial charge >= 0.3 is 5.97 Å². The minimum atomic E-state index is -1.07. The van der Waals surface area contributed by atoms with Gasteiger partial charge in [-0.05, 0) is 49.1 Å². The van der Waals surface area contributed by atoms with E-state index in [0.29, 0.717) is 47.8 Å². The summed E-state index contributed by atoms with van der Waals surface area (Å²) in [6.45, 7) is 2.46. The number of aromatic nitrogens is 4. The number of nitrogens with one attached hydrogen (secondary N) is 1. The first-order valence-electron chi connectivity index (χ1n) is 11.4. The van der Waals surface area contributed by atoms with E-state index >= 15 is 0 Å². The van der Waals surface area contributed by atoms with Gasteiger partial charge in [0.2, 0.25) is 5.95 Å². The topological polar surface area (TPSA) is 102 Å². The Morgan fingerprint density at radius 3 is 2.60 bits per heavy atom. The van der Waals surface area contributed by atoms with E-state index in [4.69, 9.17) is 0 Å². The molecule has 2 unspecified atom stereocenters. The summed E-state index contributed by atoms with van der Waals surface area (Å²) in [4.78, 5) is 34.6. The lowest BCUT2D eigenvalue weighted by atomic mass is 10.0. The van der Waals surface area contributed by atoms with Crippen LogP contribution in [-0.4, -0.2) is 30.4 Å². The van der Waals surface area contributed by atoms with Crippen molar-refractivity contribution in [2.45, 2.75) is 38.4 Å². The maximum Gasteiger partial charge on any atom is 0.328 e. The van der Waals surface area contributed by atoms with Gasteiger partial charge in [-0.1, -0.05) is 42.5 Å². The minimum absolute atomic E-state index is 0.0647. The molecule has 5 rings (SSSR count). The van der Waals surface area contributed by atoms with Gasteiger partial charge in [0.15, 0.2) is 6.04 Å². The molecule has 178 valence electrons. The first kappa shape index (κ1) is 22.5. The second-order valence-corrected chi connectivity index (χ2v) is 8.54. The standard InChI is InChI=1S/C26H24FN5O3/c1-16(17-6-3-2-4-7-17)29-26-28-14-13-20(30-26)23-22(18-9-11-19(27)12-10-18)24(33)32-21(25(34)35)8-5-15-31(23)32/h2-4,6-7,9-14,16,21H,5,8,15H2,1H3,(H,34,35)(H,28,29,30). The molecular weight excluding hydrogens is 449 g/mol. The van der Waals surface area contributed by atoms with Gasteiger partial charge < -0.3 is 10.4 Å². The predicted octanol–water partition coefficient (Wildman–Crippen LogP) is 4.51. The third-order valence-electron chi connectivity index (χ3n) is 6.28. The zero-order chi connectivity index (χ0) is 24.5. The Balaban J connectivity index is 1.65. The van der Waals surface area contributed by atoms with Crippen LogP contribution in [0, 0.1) is 5.82 Å². The summed E-state index contributed by atoms with van der Waals surface area (Å²) in [5, 5.41) is 13.1. The van der Waals surface area contributed by atoms with E-state index in [-0.39, 0.29) is 6.04 Å². The van der Waals surface area contributed by atoms with E-state index in [9.17, 15) is 19.1 Å². The van der Waals surface area contributed by atoms with Crippen molar-refractivity contribution in [3.63, 3.8) is 0 Å². The number of carboxylic acids is 1. The molecule has 2 atom stereocenters. The number of benzene rings is 2. The molecule has 0 amide bonds. The molecule has 0 radical (unpaired) electrons. The van der Waals surface area contributed by atoms with Crippen LogP contribution in [0.1, 0.15) is 37.4 Å². The fourth-order valence-electron chi connectivity index (χ4n) is 4.59. The predicted molar refractivity (Wildman–Crippen MR) is 129 cm³/mol. The summed E-state index contributed by atoms with van der Waals surface area (Å²) >= 11 is 0. The van der Waals surface area contributed by atoms with E-state index < -0.39 is 23.4 Å². The molecule has 0 bridgehead atoms. The minimum Gasteiger partial charge on any atom is -0.480 e. The first-order valence-corrected chi connectivity index (χ1v) is 11.4. The van der Waals surface area contributed by atoms with Crippen molar-refractivity contribution >= 4 is 11.9 Å². The summed E-state index contributed by atoms with van der Waals surface area (Å²) in [6, 6.07) is 16.1. The van der Waals surface area contributed by atoms with E-state index in [1.165, 1.54) is 28.9 Å². The van der Waals surface area contributed by atoms with Crippen molar-refractivity contribution in [3.05, 3.63) is 88.6 Å². The summed E-state index contributed by atoms with van der Waals surface area (Å²) in [5.74, 6) is -1.11. The number of carboxylic acid groups (broad SMARTS) is 1. The Morgan fingerprint density at radius 2 is 1.89 bits per heavy atom. The number of fused-ring (bicyclic) bond motifs is 1. The molecule has 0 aliphatic carbocycles. The van der Waals surface area contributed by atoms with Crippen LogP contribution < -0.4 is 10.9 Å². The highest BCUT2D eigenvalue weighted by atomic mass is 19.1. The van der Waals surface area contributed by atoms with Gasteiger partial charge in [0.25, 0.3) is 5.56 Å². The Hall–Kier alpha value is -4.27. The third-order valence-corrected chi connectivity index (χ3v) is 6.28. The van der Waals surface area contributed by atoms with Crippen molar-refractivity contribution in [3.8, 4) is 22.5 Å². The van der Waals surface area contributed by atoms with Crippen LogP contribution in [0.5, 0.6) is 0 Å². The zero-order valence-corrected chi connectivity index (χ0v) is 19.1. The quantitative estimate of drug-likeness (QED) is 0.427. The van der Waals surface area contributed by atoms with Gasteiger partial charge in [0, 0.05) is 12.7 Å². The number of anilines is 1. The summed E-state index contributed by atoms with van der Waals surface area (Å²) in [5.41, 5.74) is 2.38. The molecule has 0 fully saturated rings. The van der Waals surface area contributed by atoms with Crippen LogP contribution in [0.3, 0.4) is 0 Å². The van der Waals surface area contributed by atoms with Gasteiger partial charge in [-0.25, -0.2) is 23.8 Å². The van der Waals surface area contributed by atoms with Crippen molar-refractivity contribution in [1.29, 1.82) is 0 Å². The molecule has 1 aliphatic heterocycles. The number of hydrogen-bond acceptors (Lipinski definition) is 5. The average Bonchev–Trinajstić information content (AvgIpc) is 3.17. The van der Waals surface area contributed by atoms with E-state index in [2.05, 4.69) is 15.3 Å². The van der Waals surface area contributed by atoms with E-state index in [1.807, 2.05) is 37.3 Å². The SMILES string of the molecule is CC(Nc1nccc(-c2c(-c3ccc(F)cc3)c(=O)n3n2CCCC3C(=O)O)n1)c1ccccc1. The fraction of sp³-hybridized carbons (Fsp3) is 0.231. The highest BCUT2D eigenvalue weighted by Gasteiger charge is 2.33. The maximum absolute atomic E-state index is 13.6. The van der Waals surface area contributed by atoms with Gasteiger partial charge in [0.05, 0.1) is 23.0 Å². The molecule has 2 N–H and O–H groups in total. The molecule has 35 heavy (non-hydrogen) atoms. The summed E-state index contributed by atoms with van der Waals surface area (Å²) < 4.78 is 16.6. The Bertz CT molecular complexity index is 1430. The maximum atomic E-state index is 13.6. The van der Waals surface area contributed by atoms with E-state index in [0.717, 1.165) is 5.56 Å². The number of nitrogens with zero attached hydrogens (tertiary/aromatic N) is 4. The van der Waals surface area contributed by atoms with Gasteiger partial charge in [-0.15, -0.1) is 0 Å². The molecule has 0 spiro atoms. The smallest absolute Gasteiger partial charge is 0.328 e. The lowest BCUT2D eigenvalue weighted by molar-refractivity contribution is -0.142. The largest absolute Gasteiger partial charge is 0.480 e. The normalized spacial score (nSPS) is 15.9. The average molecular weight is 474 g/mol. The summed E-state index contributed by atoms with van der Waals surface area (Å²) in [7, 11) is 0. The highest BCUT2D eigenvalue weighted by Crippen LogP contribution is 2.34. The fourth-order valence-corrected chi connectivity index (χ4v) is 4.59. The van der Waals surface area contributed by atoms with Crippen molar-refractivity contribution in [1.82, 2.24) is 19.3 Å². The first-order chi connectivity index (χ1) is 16.9. The third kappa shape index (κ3) is 4.21. The summed E-state index contributed by atoms with van der Waals surface area (Å²) in [6.07, 6.45) is 2.55. The number of aliphatic carboxylic acids is 1. The van der Waals surface area contributed by atoms with Crippen LogP contribution in [-0.2, 0) is 11.3 Å². The molecular formula is C26H24FN5O3. The highest BCUT2D eigenvalue weighted by molar-refractivity contribution is 5.80. The van der Waals surface area contributed by atoms with Crippen LogP contribution in [0.2, 0.25) is 0 Å². The zero-order valence-electron chi connectivity index (χ0n) is 19.1. The lowest BCUT2D eigenvalue weighted by Crippen LogP contribution is -2.36. The number of carbonyl (C=O) groups is 1. The Morgan fingerprint density at radius 1 is 1.14 bits per heavy atom. The molecule has 3 heterocycles. The molecule has 9 heteroatoms. The van der Waals surface area contributed by atoms with Gasteiger partial charge in [-0.2, -0.15) is 0 Å². The molecule has 4 aromatic rings. The van der Waals surface area contributed by atoms with Crippen molar-refractivity contribution in [2.24, 2.45) is 0 Å². The Labute approximate surface area is 200 Å². The second kappa shape index (κ2) is 9.17. The second-order valence-electron chi connectivity index (χ2n) is 8.54. The molecule has 2 aromatic heterocycles. The van der Waals surface area contributed by atoms with E-state index in [1.54, 1.807) is 16.9 Å². The van der Waals surface area contributed by atoms with Crippen LogP contribution in [0.4, 0.5) is 10.3 Å². The number of rotatable bonds is 6. The Kier molecular flexibility index (Phi) is 5.90. The monoisotopic (exact) mass is 473 g/mol. The molecule has 1 aliphatic rings. The molecule has 0 saturated heterocycles. The van der Waals surface area contributed by atoms with Gasteiger partial charge in [-0.3, -0.25) is 9.48 Å². The van der Waals surface area contributed by atoms with Gasteiger partial charge in [0.1, 0.15) is 5.82 Å². The molecule has 8 nitrogen and oxygen atoms in total. The number of hydrogen-bond donors (Lipinski definition) is 2.